The molecule has 1 rings (SSSR count). The molecule has 0 aliphatic rings. The lowest BCUT2D eigenvalue weighted by atomic mass is 10.1. The Kier molecular flexibility index (Phi) is 4.94. The third-order valence-corrected chi connectivity index (χ3v) is 2.42. The Morgan fingerprint density at radius 1 is 1.55 bits per heavy atom. The molecule has 0 aliphatic heterocycles. The maximum atomic E-state index is 12.7. The van der Waals surface area contributed by atoms with Crippen molar-refractivity contribution in [3.8, 4) is 6.07 Å². The summed E-state index contributed by atoms with van der Waals surface area (Å²) in [6, 6.07) is 3.14. The summed E-state index contributed by atoms with van der Waals surface area (Å²) in [5, 5.41) is 19.9. The van der Waals surface area contributed by atoms with Crippen molar-refractivity contribution in [3.05, 3.63) is 29.3 Å². The van der Waals surface area contributed by atoms with Crippen molar-refractivity contribution in [2.75, 3.05) is 19.0 Å². The number of benzene rings is 1. The Morgan fingerprint density at radius 3 is 2.65 bits per heavy atom. The largest absolute Gasteiger partial charge is 0.480 e. The number of hydrogen-bond acceptors (Lipinski definition) is 4. The first-order valence-electron chi connectivity index (χ1n) is 5.39. The molecular weight excluding hydrogens is 277 g/mol. The van der Waals surface area contributed by atoms with E-state index >= 15 is 0 Å². The molecule has 0 amide bonds. The van der Waals surface area contributed by atoms with Crippen LogP contribution in [-0.2, 0) is 15.7 Å². The number of hydrogen-bond donors (Lipinski definition) is 2. The van der Waals surface area contributed by atoms with Gasteiger partial charge in [-0.1, -0.05) is 0 Å². The number of halogens is 3. The molecule has 0 fully saturated rings. The highest BCUT2D eigenvalue weighted by atomic mass is 19.4. The van der Waals surface area contributed by atoms with E-state index in [2.05, 4.69) is 10.1 Å². The summed E-state index contributed by atoms with van der Waals surface area (Å²) in [5.74, 6) is -1.26. The smallest absolute Gasteiger partial charge is 0.417 e. The van der Waals surface area contributed by atoms with Gasteiger partial charge in [0, 0.05) is 12.8 Å². The summed E-state index contributed by atoms with van der Waals surface area (Å²) in [7, 11) is 1.28. The maximum Gasteiger partial charge on any atom is 0.417 e. The van der Waals surface area contributed by atoms with Gasteiger partial charge < -0.3 is 15.2 Å². The predicted molar refractivity (Wildman–Crippen MR) is 63.1 cm³/mol. The Balaban J connectivity index is 3.09. The van der Waals surface area contributed by atoms with E-state index in [0.717, 1.165) is 6.07 Å². The summed E-state index contributed by atoms with van der Waals surface area (Å²) in [4.78, 5) is 10.9. The Labute approximate surface area is 112 Å². The van der Waals surface area contributed by atoms with Crippen molar-refractivity contribution >= 4 is 11.7 Å². The van der Waals surface area contributed by atoms with Crippen LogP contribution in [0.5, 0.6) is 0 Å². The van der Waals surface area contributed by atoms with Crippen molar-refractivity contribution in [1.29, 1.82) is 5.26 Å². The van der Waals surface area contributed by atoms with Gasteiger partial charge >= 0.3 is 12.1 Å². The summed E-state index contributed by atoms with van der Waals surface area (Å²) in [6.07, 6.45) is -4.69. The van der Waals surface area contributed by atoms with Crippen molar-refractivity contribution in [3.63, 3.8) is 0 Å². The number of carboxylic acid groups (broad SMARTS) is 1. The number of rotatable bonds is 5. The lowest BCUT2D eigenvalue weighted by Crippen LogP contribution is -2.33. The molecule has 0 saturated heterocycles. The van der Waals surface area contributed by atoms with E-state index in [9.17, 15) is 18.0 Å². The number of methoxy groups -OCH3 is 1. The Hall–Kier alpha value is -2.27. The molecule has 0 radical (unpaired) electrons. The van der Waals surface area contributed by atoms with Crippen LogP contribution in [0.15, 0.2) is 18.2 Å². The van der Waals surface area contributed by atoms with Gasteiger partial charge in [0.15, 0.2) is 0 Å². The van der Waals surface area contributed by atoms with Crippen molar-refractivity contribution in [2.45, 2.75) is 12.2 Å². The highest BCUT2D eigenvalue weighted by molar-refractivity contribution is 5.77. The number of nitrogens with zero attached hydrogens (tertiary/aromatic N) is 1. The molecule has 0 heterocycles. The molecule has 0 aliphatic carbocycles. The van der Waals surface area contributed by atoms with Crippen LogP contribution in [0.2, 0.25) is 0 Å². The molecule has 2 N–H and O–H groups in total. The summed E-state index contributed by atoms with van der Waals surface area (Å²) >= 11 is 0. The average molecular weight is 288 g/mol. The van der Waals surface area contributed by atoms with Crippen LogP contribution < -0.4 is 5.32 Å². The molecule has 20 heavy (non-hydrogen) atoms. The molecule has 0 aromatic heterocycles. The van der Waals surface area contributed by atoms with E-state index < -0.39 is 29.3 Å². The quantitative estimate of drug-likeness (QED) is 0.867. The van der Waals surface area contributed by atoms with Gasteiger partial charge in [-0.05, 0) is 18.2 Å². The van der Waals surface area contributed by atoms with Gasteiger partial charge in [-0.3, -0.25) is 0 Å². The number of alkyl halides is 3. The van der Waals surface area contributed by atoms with Crippen molar-refractivity contribution in [2.24, 2.45) is 0 Å². The summed E-state index contributed by atoms with van der Waals surface area (Å²) in [6.45, 7) is -0.212. The monoisotopic (exact) mass is 288 g/mol. The molecule has 0 bridgehead atoms. The van der Waals surface area contributed by atoms with E-state index in [-0.39, 0.29) is 12.3 Å². The highest BCUT2D eigenvalue weighted by Gasteiger charge is 2.34. The molecule has 1 unspecified atom stereocenters. The van der Waals surface area contributed by atoms with E-state index in [1.165, 1.54) is 19.2 Å². The second-order valence-corrected chi connectivity index (χ2v) is 3.86. The Morgan fingerprint density at radius 2 is 2.20 bits per heavy atom. The van der Waals surface area contributed by atoms with Crippen LogP contribution in [0, 0.1) is 11.3 Å². The zero-order valence-corrected chi connectivity index (χ0v) is 10.4. The molecule has 108 valence electrons. The number of anilines is 1. The van der Waals surface area contributed by atoms with E-state index in [0.29, 0.717) is 6.07 Å². The molecule has 1 aromatic carbocycles. The Bertz CT molecular complexity index is 538. The van der Waals surface area contributed by atoms with E-state index in [1.807, 2.05) is 0 Å². The van der Waals surface area contributed by atoms with Gasteiger partial charge in [-0.15, -0.1) is 0 Å². The van der Waals surface area contributed by atoms with Gasteiger partial charge in [0.2, 0.25) is 0 Å². The zero-order valence-electron chi connectivity index (χ0n) is 10.4. The second-order valence-electron chi connectivity index (χ2n) is 3.86. The minimum atomic E-state index is -4.69. The lowest BCUT2D eigenvalue weighted by molar-refractivity contribution is -0.139. The third-order valence-electron chi connectivity index (χ3n) is 2.42. The van der Waals surface area contributed by atoms with Crippen LogP contribution in [0.4, 0.5) is 18.9 Å². The number of aliphatic carboxylic acids is 1. The number of nitrogens with one attached hydrogen (secondary N) is 1. The number of carbonyl (C=O) groups is 1. The van der Waals surface area contributed by atoms with Crippen molar-refractivity contribution < 1.29 is 27.8 Å². The number of nitriles is 1. The first-order chi connectivity index (χ1) is 9.29. The lowest BCUT2D eigenvalue weighted by Gasteiger charge is -2.16. The van der Waals surface area contributed by atoms with Crippen LogP contribution in [-0.4, -0.2) is 30.8 Å². The van der Waals surface area contributed by atoms with Crippen LogP contribution in [0.25, 0.3) is 0 Å². The molecule has 1 atom stereocenters. The molecular formula is C12H11F3N2O3. The van der Waals surface area contributed by atoms with E-state index in [1.54, 1.807) is 0 Å². The fourth-order valence-electron chi connectivity index (χ4n) is 1.51. The summed E-state index contributed by atoms with van der Waals surface area (Å²) in [5.41, 5.74) is -1.70. The van der Waals surface area contributed by atoms with Crippen LogP contribution in [0.1, 0.15) is 11.1 Å². The van der Waals surface area contributed by atoms with E-state index in [4.69, 9.17) is 10.4 Å². The van der Waals surface area contributed by atoms with Gasteiger partial charge in [-0.2, -0.15) is 18.4 Å². The number of carboxylic acids is 1. The molecule has 0 saturated carbocycles. The molecule has 1 aromatic rings. The molecule has 5 nitrogen and oxygen atoms in total. The molecule has 0 spiro atoms. The third kappa shape index (κ3) is 3.86. The SMILES string of the molecule is COCC(Nc1ccc(C#N)c(C(F)(F)F)c1)C(=O)O. The van der Waals surface area contributed by atoms with Gasteiger partial charge in [-0.25, -0.2) is 4.79 Å². The minimum Gasteiger partial charge on any atom is -0.480 e. The fraction of sp³-hybridized carbons (Fsp3) is 0.333. The highest BCUT2D eigenvalue weighted by Crippen LogP contribution is 2.33. The maximum absolute atomic E-state index is 12.7. The van der Waals surface area contributed by atoms with Crippen molar-refractivity contribution in [1.82, 2.24) is 0 Å². The topological polar surface area (TPSA) is 82.3 Å². The average Bonchev–Trinajstić information content (AvgIpc) is 2.37. The fourth-order valence-corrected chi connectivity index (χ4v) is 1.51. The first-order valence-corrected chi connectivity index (χ1v) is 5.39. The van der Waals surface area contributed by atoms with Gasteiger partial charge in [0.1, 0.15) is 6.04 Å². The van der Waals surface area contributed by atoms with Crippen LogP contribution >= 0.6 is 0 Å². The van der Waals surface area contributed by atoms with Crippen LogP contribution in [0.3, 0.4) is 0 Å². The second kappa shape index (κ2) is 6.25. The number of ether oxygens (including phenoxy) is 1. The predicted octanol–water partition coefficient (Wildman–Crippen LogP) is 2.09. The summed E-state index contributed by atoms with van der Waals surface area (Å²) < 4.78 is 42.9. The first kappa shape index (κ1) is 15.8. The zero-order chi connectivity index (χ0) is 15.3. The minimum absolute atomic E-state index is 0.0548. The van der Waals surface area contributed by atoms with Gasteiger partial charge in [0.05, 0.1) is 23.8 Å². The van der Waals surface area contributed by atoms with Gasteiger partial charge in [0.25, 0.3) is 0 Å². The molecule has 8 heteroatoms. The normalized spacial score (nSPS) is 12.6. The standard InChI is InChI=1S/C12H11F3N2O3/c1-20-6-10(11(18)19)17-8-3-2-7(5-16)9(4-8)12(13,14)15/h2-4,10,17H,6H2,1H3,(H,18,19).